The Morgan fingerprint density at radius 1 is 1.37 bits per heavy atom. The minimum atomic E-state index is -0.581. The predicted molar refractivity (Wildman–Crippen MR) is 83.6 cm³/mol. The average Bonchev–Trinajstić information content (AvgIpc) is 2.44. The third-order valence-corrected chi connectivity index (χ3v) is 6.42. The first kappa shape index (κ1) is 17.3. The van der Waals surface area contributed by atoms with Crippen molar-refractivity contribution in [2.75, 3.05) is 19.4 Å². The molecule has 3 nitrogen and oxygen atoms in total. The second kappa shape index (κ2) is 7.87. The Morgan fingerprint density at radius 3 is 2.58 bits per heavy atom. The Bertz CT molecular complexity index is 261. The first-order valence-electron chi connectivity index (χ1n) is 7.52. The SMILES string of the molecule is CCC(C)(C)C1CCC(NC)C(SCC(O)CO)C1. The smallest absolute Gasteiger partial charge is 0.0861 e. The van der Waals surface area contributed by atoms with Crippen molar-refractivity contribution < 1.29 is 10.2 Å². The zero-order chi connectivity index (χ0) is 14.5. The highest BCUT2D eigenvalue weighted by Crippen LogP contribution is 2.43. The van der Waals surface area contributed by atoms with Crippen LogP contribution < -0.4 is 5.32 Å². The van der Waals surface area contributed by atoms with Gasteiger partial charge in [-0.2, -0.15) is 11.8 Å². The maximum Gasteiger partial charge on any atom is 0.0861 e. The van der Waals surface area contributed by atoms with Crippen LogP contribution in [0.15, 0.2) is 0 Å². The van der Waals surface area contributed by atoms with Crippen molar-refractivity contribution in [3.63, 3.8) is 0 Å². The summed E-state index contributed by atoms with van der Waals surface area (Å²) in [5.74, 6) is 1.41. The van der Waals surface area contributed by atoms with Crippen LogP contribution in [0.25, 0.3) is 0 Å². The molecule has 0 aromatic carbocycles. The van der Waals surface area contributed by atoms with E-state index in [1.165, 1.54) is 25.7 Å². The number of hydrogen-bond donors (Lipinski definition) is 3. The molecule has 4 atom stereocenters. The van der Waals surface area contributed by atoms with E-state index in [2.05, 4.69) is 26.1 Å². The summed E-state index contributed by atoms with van der Waals surface area (Å²) in [7, 11) is 2.03. The van der Waals surface area contributed by atoms with Crippen molar-refractivity contribution in [2.24, 2.45) is 11.3 Å². The fourth-order valence-electron chi connectivity index (χ4n) is 2.93. The Hall–Kier alpha value is 0.230. The number of thioether (sulfide) groups is 1. The lowest BCUT2D eigenvalue weighted by Gasteiger charge is -2.43. The summed E-state index contributed by atoms with van der Waals surface area (Å²) in [6.45, 7) is 6.90. The van der Waals surface area contributed by atoms with Crippen LogP contribution in [0.3, 0.4) is 0 Å². The van der Waals surface area contributed by atoms with Gasteiger partial charge in [-0.25, -0.2) is 0 Å². The van der Waals surface area contributed by atoms with Gasteiger partial charge in [-0.3, -0.25) is 0 Å². The van der Waals surface area contributed by atoms with Crippen LogP contribution in [0, 0.1) is 11.3 Å². The quantitative estimate of drug-likeness (QED) is 0.673. The van der Waals surface area contributed by atoms with Crippen LogP contribution >= 0.6 is 11.8 Å². The van der Waals surface area contributed by atoms with E-state index in [4.69, 9.17) is 5.11 Å². The lowest BCUT2D eigenvalue weighted by atomic mass is 9.68. The maximum atomic E-state index is 9.53. The third kappa shape index (κ3) is 4.92. The van der Waals surface area contributed by atoms with E-state index in [1.54, 1.807) is 0 Å². The normalized spacial score (nSPS) is 30.3. The van der Waals surface area contributed by atoms with E-state index in [1.807, 2.05) is 18.8 Å². The fourth-order valence-corrected chi connectivity index (χ4v) is 4.38. The fraction of sp³-hybridized carbons (Fsp3) is 1.00. The molecule has 3 N–H and O–H groups in total. The van der Waals surface area contributed by atoms with Gasteiger partial charge in [-0.1, -0.05) is 27.2 Å². The van der Waals surface area contributed by atoms with Crippen LogP contribution in [0.2, 0.25) is 0 Å². The molecule has 4 heteroatoms. The summed E-state index contributed by atoms with van der Waals surface area (Å²) in [5, 5.41) is 22.4. The van der Waals surface area contributed by atoms with Crippen molar-refractivity contribution in [3.05, 3.63) is 0 Å². The van der Waals surface area contributed by atoms with Gasteiger partial charge in [0.05, 0.1) is 12.7 Å². The van der Waals surface area contributed by atoms with Crippen molar-refractivity contribution in [1.82, 2.24) is 5.32 Å². The minimum Gasteiger partial charge on any atom is -0.394 e. The van der Waals surface area contributed by atoms with Gasteiger partial charge < -0.3 is 15.5 Å². The van der Waals surface area contributed by atoms with Gasteiger partial charge in [0.1, 0.15) is 0 Å². The van der Waals surface area contributed by atoms with Crippen LogP contribution in [0.5, 0.6) is 0 Å². The molecule has 0 heterocycles. The highest BCUT2D eigenvalue weighted by atomic mass is 32.2. The maximum absolute atomic E-state index is 9.53. The van der Waals surface area contributed by atoms with Crippen molar-refractivity contribution in [1.29, 1.82) is 0 Å². The molecule has 114 valence electrons. The number of nitrogens with one attached hydrogen (secondary N) is 1. The molecule has 1 saturated carbocycles. The third-order valence-electron chi connectivity index (χ3n) is 4.89. The van der Waals surface area contributed by atoms with Crippen LogP contribution in [-0.4, -0.2) is 47.0 Å². The standard InChI is InChI=1S/C15H31NO2S/c1-5-15(2,3)11-6-7-13(16-4)14(8-11)19-10-12(18)9-17/h11-14,16-18H,5-10H2,1-4H3. The van der Waals surface area contributed by atoms with E-state index in [0.29, 0.717) is 22.5 Å². The summed E-state index contributed by atoms with van der Waals surface area (Å²) in [6, 6.07) is 0.541. The van der Waals surface area contributed by atoms with E-state index < -0.39 is 6.10 Å². The summed E-state index contributed by atoms with van der Waals surface area (Å²) >= 11 is 1.82. The first-order chi connectivity index (χ1) is 8.94. The second-order valence-corrected chi connectivity index (χ2v) is 7.73. The van der Waals surface area contributed by atoms with Gasteiger partial charge in [0, 0.05) is 17.0 Å². The number of hydrogen-bond acceptors (Lipinski definition) is 4. The molecule has 0 amide bonds. The van der Waals surface area contributed by atoms with E-state index in [9.17, 15) is 5.11 Å². The largest absolute Gasteiger partial charge is 0.394 e. The molecule has 1 aliphatic carbocycles. The molecule has 19 heavy (non-hydrogen) atoms. The summed E-state index contributed by atoms with van der Waals surface area (Å²) in [5.41, 5.74) is 0.410. The molecule has 0 aromatic rings. The lowest BCUT2D eigenvalue weighted by Crippen LogP contribution is -2.44. The summed E-state index contributed by atoms with van der Waals surface area (Å²) in [6.07, 6.45) is 4.37. The Morgan fingerprint density at radius 2 is 2.05 bits per heavy atom. The lowest BCUT2D eigenvalue weighted by molar-refractivity contribution is 0.113. The molecule has 0 bridgehead atoms. The van der Waals surface area contributed by atoms with Gasteiger partial charge in [0.15, 0.2) is 0 Å². The van der Waals surface area contributed by atoms with Crippen LogP contribution in [0.1, 0.15) is 46.5 Å². The predicted octanol–water partition coefficient (Wildman–Crippen LogP) is 2.27. The molecule has 1 rings (SSSR count). The van der Waals surface area contributed by atoms with E-state index >= 15 is 0 Å². The van der Waals surface area contributed by atoms with Crippen molar-refractivity contribution in [2.45, 2.75) is 63.9 Å². The first-order valence-corrected chi connectivity index (χ1v) is 8.57. The molecule has 4 unspecified atom stereocenters. The second-order valence-electron chi connectivity index (χ2n) is 6.46. The Labute approximate surface area is 122 Å². The van der Waals surface area contributed by atoms with Crippen LogP contribution in [0.4, 0.5) is 0 Å². The van der Waals surface area contributed by atoms with Gasteiger partial charge in [0.25, 0.3) is 0 Å². The minimum absolute atomic E-state index is 0.131. The molecule has 1 fully saturated rings. The zero-order valence-corrected chi connectivity index (χ0v) is 13.7. The van der Waals surface area contributed by atoms with E-state index in [0.717, 1.165) is 5.92 Å². The molecular weight excluding hydrogens is 258 g/mol. The topological polar surface area (TPSA) is 52.5 Å². The molecule has 0 aliphatic heterocycles. The van der Waals surface area contributed by atoms with Gasteiger partial charge in [0.2, 0.25) is 0 Å². The molecule has 0 radical (unpaired) electrons. The monoisotopic (exact) mass is 289 g/mol. The van der Waals surface area contributed by atoms with Crippen molar-refractivity contribution >= 4 is 11.8 Å². The van der Waals surface area contributed by atoms with Crippen LogP contribution in [-0.2, 0) is 0 Å². The highest BCUT2D eigenvalue weighted by Gasteiger charge is 2.36. The van der Waals surface area contributed by atoms with Gasteiger partial charge >= 0.3 is 0 Å². The average molecular weight is 289 g/mol. The molecule has 0 spiro atoms. The van der Waals surface area contributed by atoms with E-state index in [-0.39, 0.29) is 6.61 Å². The number of aliphatic hydroxyl groups is 2. The highest BCUT2D eigenvalue weighted by molar-refractivity contribution is 8.00. The zero-order valence-electron chi connectivity index (χ0n) is 12.9. The molecular formula is C15H31NO2S. The van der Waals surface area contributed by atoms with Crippen molar-refractivity contribution in [3.8, 4) is 0 Å². The molecule has 0 saturated heterocycles. The Kier molecular flexibility index (Phi) is 7.15. The summed E-state index contributed by atoms with van der Waals surface area (Å²) < 4.78 is 0. The van der Waals surface area contributed by atoms with Gasteiger partial charge in [-0.15, -0.1) is 0 Å². The van der Waals surface area contributed by atoms with Gasteiger partial charge in [-0.05, 0) is 37.6 Å². The number of aliphatic hydroxyl groups excluding tert-OH is 2. The number of rotatable bonds is 7. The molecule has 0 aromatic heterocycles. The summed E-state index contributed by atoms with van der Waals surface area (Å²) in [4.78, 5) is 0. The molecule has 1 aliphatic rings. The Balaban J connectivity index is 2.58.